The fourth-order valence-corrected chi connectivity index (χ4v) is 3.33. The van der Waals surface area contributed by atoms with E-state index >= 15 is 0 Å². The molecule has 1 aliphatic carbocycles. The fourth-order valence-electron chi connectivity index (χ4n) is 2.65. The molecule has 2 N–H and O–H groups in total. The number of aryl methyl sites for hydroxylation is 1. The molecule has 1 aromatic heterocycles. The van der Waals surface area contributed by atoms with E-state index < -0.39 is 0 Å². The van der Waals surface area contributed by atoms with Gasteiger partial charge in [-0.1, -0.05) is 28.1 Å². The van der Waals surface area contributed by atoms with Crippen LogP contribution < -0.4 is 5.73 Å². The van der Waals surface area contributed by atoms with Crippen LogP contribution in [-0.4, -0.2) is 9.55 Å². The molecule has 2 aromatic rings. The number of aromatic nitrogens is 2. The summed E-state index contributed by atoms with van der Waals surface area (Å²) < 4.78 is 3.25. The molecule has 0 atom stereocenters. The minimum atomic E-state index is 0.344. The Morgan fingerprint density at radius 2 is 2.05 bits per heavy atom. The van der Waals surface area contributed by atoms with Crippen LogP contribution >= 0.6 is 15.9 Å². The molecule has 0 radical (unpaired) electrons. The number of imidazole rings is 1. The van der Waals surface area contributed by atoms with Crippen LogP contribution in [0.25, 0.3) is 11.3 Å². The molecule has 106 valence electrons. The quantitative estimate of drug-likeness (QED) is 0.887. The van der Waals surface area contributed by atoms with Gasteiger partial charge in [-0.25, -0.2) is 4.98 Å². The number of hydrogen-bond acceptors (Lipinski definition) is 2. The van der Waals surface area contributed by atoms with Gasteiger partial charge in [0.15, 0.2) is 0 Å². The molecule has 1 heterocycles. The summed E-state index contributed by atoms with van der Waals surface area (Å²) in [4.78, 5) is 4.86. The van der Waals surface area contributed by atoms with E-state index in [2.05, 4.69) is 59.5 Å². The molecule has 4 heteroatoms. The van der Waals surface area contributed by atoms with Crippen LogP contribution in [0.3, 0.4) is 0 Å². The number of nitrogens with two attached hydrogens (primary N) is 1. The Bertz CT molecular complexity index is 654. The zero-order chi connectivity index (χ0) is 14.4. The third-order valence-corrected chi connectivity index (χ3v) is 4.47. The maximum absolute atomic E-state index is 6.39. The molecule has 20 heavy (non-hydrogen) atoms. The van der Waals surface area contributed by atoms with E-state index in [0.717, 1.165) is 27.4 Å². The Balaban J connectivity index is 2.16. The highest BCUT2D eigenvalue weighted by Crippen LogP contribution is 2.44. The molecule has 1 aromatic carbocycles. The number of nitrogen functional groups attached to an aromatic ring is 1. The van der Waals surface area contributed by atoms with Crippen LogP contribution in [0.4, 0.5) is 5.82 Å². The van der Waals surface area contributed by atoms with Crippen molar-refractivity contribution in [1.29, 1.82) is 0 Å². The molecular weight excluding hydrogens is 314 g/mol. The van der Waals surface area contributed by atoms with Gasteiger partial charge in [0.05, 0.1) is 0 Å². The standard InChI is InChI=1S/C16H20BrN3/c1-9(2)20-15(18)14(19-16(20)11-5-6-11)12-7-4-10(3)8-13(12)17/h4,7-9,11H,5-6,18H2,1-3H3. The van der Waals surface area contributed by atoms with Crippen LogP contribution in [0.2, 0.25) is 0 Å². The second kappa shape index (κ2) is 4.92. The lowest BCUT2D eigenvalue weighted by atomic mass is 10.1. The maximum atomic E-state index is 6.39. The SMILES string of the molecule is Cc1ccc(-c2nc(C3CC3)n(C(C)C)c2N)c(Br)c1. The van der Waals surface area contributed by atoms with Crippen molar-refractivity contribution in [2.45, 2.75) is 45.6 Å². The summed E-state index contributed by atoms with van der Waals surface area (Å²) in [5.74, 6) is 2.53. The van der Waals surface area contributed by atoms with Gasteiger partial charge in [-0.2, -0.15) is 0 Å². The van der Waals surface area contributed by atoms with Crippen LogP contribution in [0, 0.1) is 6.92 Å². The normalized spacial score (nSPS) is 15.1. The summed E-state index contributed by atoms with van der Waals surface area (Å²) in [7, 11) is 0. The molecule has 1 saturated carbocycles. The highest BCUT2D eigenvalue weighted by atomic mass is 79.9. The van der Waals surface area contributed by atoms with Gasteiger partial charge in [0, 0.05) is 22.0 Å². The van der Waals surface area contributed by atoms with E-state index in [0.29, 0.717) is 12.0 Å². The Kier molecular flexibility index (Phi) is 3.36. The summed E-state index contributed by atoms with van der Waals surface area (Å²) in [6.45, 7) is 6.41. The topological polar surface area (TPSA) is 43.8 Å². The molecule has 0 amide bonds. The molecule has 0 spiro atoms. The fraction of sp³-hybridized carbons (Fsp3) is 0.438. The van der Waals surface area contributed by atoms with Crippen LogP contribution in [0.1, 0.15) is 50.0 Å². The first-order valence-electron chi connectivity index (χ1n) is 7.13. The van der Waals surface area contributed by atoms with Crippen molar-refractivity contribution in [1.82, 2.24) is 9.55 Å². The second-order valence-electron chi connectivity index (χ2n) is 5.93. The summed E-state index contributed by atoms with van der Waals surface area (Å²) in [6, 6.07) is 6.65. The van der Waals surface area contributed by atoms with E-state index in [4.69, 9.17) is 10.7 Å². The van der Waals surface area contributed by atoms with Gasteiger partial charge < -0.3 is 10.3 Å². The maximum Gasteiger partial charge on any atom is 0.132 e. The van der Waals surface area contributed by atoms with Gasteiger partial charge >= 0.3 is 0 Å². The predicted octanol–water partition coefficient (Wildman–Crippen LogP) is 4.66. The van der Waals surface area contributed by atoms with E-state index in [1.54, 1.807) is 0 Å². The Morgan fingerprint density at radius 1 is 1.35 bits per heavy atom. The van der Waals surface area contributed by atoms with Gasteiger partial charge in [0.1, 0.15) is 17.3 Å². The monoisotopic (exact) mass is 333 g/mol. The lowest BCUT2D eigenvalue weighted by Crippen LogP contribution is -2.08. The first-order valence-corrected chi connectivity index (χ1v) is 7.92. The van der Waals surface area contributed by atoms with Gasteiger partial charge in [0.2, 0.25) is 0 Å². The van der Waals surface area contributed by atoms with Gasteiger partial charge in [-0.15, -0.1) is 0 Å². The Morgan fingerprint density at radius 3 is 2.60 bits per heavy atom. The largest absolute Gasteiger partial charge is 0.383 e. The average molecular weight is 334 g/mol. The van der Waals surface area contributed by atoms with E-state index in [-0.39, 0.29) is 0 Å². The minimum absolute atomic E-state index is 0.344. The predicted molar refractivity (Wildman–Crippen MR) is 86.9 cm³/mol. The van der Waals surface area contributed by atoms with Crippen molar-refractivity contribution in [2.75, 3.05) is 5.73 Å². The van der Waals surface area contributed by atoms with Crippen LogP contribution in [0.15, 0.2) is 22.7 Å². The Hall–Kier alpha value is -1.29. The molecule has 0 bridgehead atoms. The lowest BCUT2D eigenvalue weighted by molar-refractivity contribution is 0.576. The number of halogens is 1. The van der Waals surface area contributed by atoms with Crippen molar-refractivity contribution in [3.05, 3.63) is 34.1 Å². The van der Waals surface area contributed by atoms with E-state index in [9.17, 15) is 0 Å². The van der Waals surface area contributed by atoms with Gasteiger partial charge in [-0.05, 0) is 45.2 Å². The van der Waals surface area contributed by atoms with Crippen LogP contribution in [0.5, 0.6) is 0 Å². The smallest absolute Gasteiger partial charge is 0.132 e. The molecule has 1 fully saturated rings. The molecule has 3 rings (SSSR count). The molecule has 1 aliphatic rings. The third-order valence-electron chi connectivity index (χ3n) is 3.81. The molecule has 3 nitrogen and oxygen atoms in total. The Labute approximate surface area is 128 Å². The number of rotatable bonds is 3. The van der Waals surface area contributed by atoms with E-state index in [1.807, 2.05) is 0 Å². The minimum Gasteiger partial charge on any atom is -0.383 e. The van der Waals surface area contributed by atoms with E-state index in [1.165, 1.54) is 18.4 Å². The lowest BCUT2D eigenvalue weighted by Gasteiger charge is -2.13. The van der Waals surface area contributed by atoms with Gasteiger partial charge in [0.25, 0.3) is 0 Å². The summed E-state index contributed by atoms with van der Waals surface area (Å²) >= 11 is 3.64. The van der Waals surface area contributed by atoms with Gasteiger partial charge in [-0.3, -0.25) is 0 Å². The number of nitrogens with zero attached hydrogens (tertiary/aromatic N) is 2. The number of benzene rings is 1. The number of anilines is 1. The second-order valence-corrected chi connectivity index (χ2v) is 6.78. The van der Waals surface area contributed by atoms with Crippen molar-refractivity contribution in [3.8, 4) is 11.3 Å². The highest BCUT2D eigenvalue weighted by molar-refractivity contribution is 9.10. The van der Waals surface area contributed by atoms with Crippen molar-refractivity contribution >= 4 is 21.7 Å². The molecule has 0 saturated heterocycles. The summed E-state index contributed by atoms with van der Waals surface area (Å²) in [6.07, 6.45) is 2.47. The first kappa shape index (κ1) is 13.7. The molecule has 0 aliphatic heterocycles. The number of hydrogen-bond donors (Lipinski definition) is 1. The van der Waals surface area contributed by atoms with Crippen molar-refractivity contribution < 1.29 is 0 Å². The summed E-state index contributed by atoms with van der Waals surface area (Å²) in [5, 5.41) is 0. The van der Waals surface area contributed by atoms with Crippen molar-refractivity contribution in [2.24, 2.45) is 0 Å². The molecule has 0 unspecified atom stereocenters. The first-order chi connectivity index (χ1) is 9.49. The highest BCUT2D eigenvalue weighted by Gasteiger charge is 2.32. The average Bonchev–Trinajstić information content (AvgIpc) is 3.14. The zero-order valence-corrected chi connectivity index (χ0v) is 13.7. The third kappa shape index (κ3) is 2.26. The summed E-state index contributed by atoms with van der Waals surface area (Å²) in [5.41, 5.74) is 9.60. The molecular formula is C16H20BrN3. The zero-order valence-electron chi connectivity index (χ0n) is 12.2. The van der Waals surface area contributed by atoms with Crippen molar-refractivity contribution in [3.63, 3.8) is 0 Å². The van der Waals surface area contributed by atoms with Crippen LogP contribution in [-0.2, 0) is 0 Å².